The number of aryl methyl sites for hydroxylation is 1. The van der Waals surface area contributed by atoms with Crippen molar-refractivity contribution in [2.75, 3.05) is 75.9 Å². The van der Waals surface area contributed by atoms with Crippen molar-refractivity contribution >= 4 is 138 Å². The SMILES string of the molecule is CC(C)Cn1cc(-c2cccc3c2N[C@H](C)CC(=O)N3)cn1.CC(c1ccccc1)n1cc(-c2cccc3c2N[C@H](C)CC(=O)N3)cn1.CC1CC(=O)Nc2cccc(C(=O)Cc3ccc4c(c3)OCO4)c2N1.CC1CC(=O)Nc2cccc(C(=O)Cc3ccc4cn(C)nc4c3)c2N1.C[C@@H]1CC(=O)Nc2cccc(-c3ccc(F)c(F)c3)c2N1.C[C@@H]1CC(=O)Nc2cccc(-c3ccc(NC(=O)OC(C)(C)C)cc3)c2N1. The lowest BCUT2D eigenvalue weighted by Gasteiger charge is -2.20. The summed E-state index contributed by atoms with van der Waals surface area (Å²) in [5.74, 6) is 0.0378. The lowest BCUT2D eigenvalue weighted by molar-refractivity contribution is -0.117. The topological polar surface area (TPSA) is 391 Å². The summed E-state index contributed by atoms with van der Waals surface area (Å²) in [6.45, 7) is 24.9. The van der Waals surface area contributed by atoms with Crippen LogP contribution in [-0.2, 0) is 59.9 Å². The first-order valence-corrected chi connectivity index (χ1v) is 49.2. The van der Waals surface area contributed by atoms with Crippen LogP contribution in [0.15, 0.2) is 249 Å². The van der Waals surface area contributed by atoms with Gasteiger partial charge in [0, 0.05) is 175 Å². The smallest absolute Gasteiger partial charge is 0.412 e. The fraction of sp³-hybridized carbons (Fsp3) is 0.281. The highest BCUT2D eigenvalue weighted by atomic mass is 19.2. The van der Waals surface area contributed by atoms with Gasteiger partial charge in [-0.15, -0.1) is 0 Å². The van der Waals surface area contributed by atoms with Crippen LogP contribution in [-0.4, -0.2) is 131 Å². The van der Waals surface area contributed by atoms with Gasteiger partial charge in [0.25, 0.3) is 0 Å². The average Bonchev–Trinajstić information content (AvgIpc) is 1.58. The van der Waals surface area contributed by atoms with Crippen LogP contribution in [0.4, 0.5) is 87.5 Å². The van der Waals surface area contributed by atoms with Crippen LogP contribution in [0.1, 0.15) is 165 Å². The molecule has 0 saturated carbocycles. The zero-order valence-corrected chi connectivity index (χ0v) is 84.2. The van der Waals surface area contributed by atoms with E-state index < -0.39 is 23.3 Å². The number of nitrogens with one attached hydrogen (secondary N) is 13. The lowest BCUT2D eigenvalue weighted by Crippen LogP contribution is -2.27. The molecule has 0 aliphatic carbocycles. The molecule has 7 atom stereocenters. The Morgan fingerprint density at radius 1 is 0.422 bits per heavy atom. The Labute approximate surface area is 851 Å². The van der Waals surface area contributed by atoms with Crippen LogP contribution in [0, 0.1) is 17.6 Å². The normalized spacial score (nSPS) is 17.3. The number of Topliss-reactive ketones (excluding diaryl/α,β-unsaturated/α-hetero) is 2. The first-order valence-electron chi connectivity index (χ1n) is 49.2. The first-order chi connectivity index (χ1) is 70.5. The summed E-state index contributed by atoms with van der Waals surface area (Å²) < 4.78 is 48.2. The van der Waals surface area contributed by atoms with E-state index in [4.69, 9.17) is 14.2 Å². The summed E-state index contributed by atoms with van der Waals surface area (Å²) in [6, 6.07) is 67.2. The molecule has 0 spiro atoms. The number of nitrogens with zero attached hydrogens (tertiary/aromatic N) is 6. The van der Waals surface area contributed by atoms with E-state index in [1.165, 1.54) is 11.6 Å². The Bertz CT molecular complexity index is 7280. The average molecular weight is 1990 g/mol. The van der Waals surface area contributed by atoms with E-state index in [1.54, 1.807) is 47.1 Å². The van der Waals surface area contributed by atoms with E-state index in [2.05, 4.69) is 142 Å². The van der Waals surface area contributed by atoms with Crippen LogP contribution in [0.5, 0.6) is 11.5 Å². The minimum atomic E-state index is -0.893. The first kappa shape index (κ1) is 103. The minimum Gasteiger partial charge on any atom is -0.454 e. The van der Waals surface area contributed by atoms with Gasteiger partial charge in [0.15, 0.2) is 34.7 Å². The Morgan fingerprint density at radius 2 is 0.823 bits per heavy atom. The summed E-state index contributed by atoms with van der Waals surface area (Å²) in [5.41, 5.74) is 22.0. The quantitative estimate of drug-likeness (QED) is 0.0424. The molecule has 0 bridgehead atoms. The van der Waals surface area contributed by atoms with Gasteiger partial charge < -0.3 is 78.0 Å². The van der Waals surface area contributed by atoms with Gasteiger partial charge in [0.05, 0.1) is 92.2 Å². The molecule has 758 valence electrons. The molecular weight excluding hydrogens is 1870 g/mol. The number of carbonyl (C=O) groups is 9. The third-order valence-electron chi connectivity index (χ3n) is 24.9. The Hall–Kier alpha value is -17.0. The van der Waals surface area contributed by atoms with Crippen LogP contribution in [0.2, 0.25) is 0 Å². The van der Waals surface area contributed by atoms with E-state index in [-0.39, 0.29) is 109 Å². The molecule has 7 amide bonds. The monoisotopic (exact) mass is 1990 g/mol. The number of fused-ring (bicyclic) bond motifs is 8. The molecule has 3 unspecified atom stereocenters. The number of hydrogen-bond acceptors (Lipinski definition) is 21. The molecule has 33 heteroatoms. The molecule has 21 rings (SSSR count). The summed E-state index contributed by atoms with van der Waals surface area (Å²) in [4.78, 5) is 109. The maximum Gasteiger partial charge on any atom is 0.412 e. The fourth-order valence-electron chi connectivity index (χ4n) is 18.2. The van der Waals surface area contributed by atoms with Crippen molar-refractivity contribution in [3.05, 3.63) is 289 Å². The fourth-order valence-corrected chi connectivity index (χ4v) is 18.2. The van der Waals surface area contributed by atoms with E-state index in [0.717, 1.165) is 119 Å². The summed E-state index contributed by atoms with van der Waals surface area (Å²) in [5, 5.41) is 54.8. The number of aromatic nitrogens is 6. The lowest BCUT2D eigenvalue weighted by atomic mass is 9.99. The zero-order chi connectivity index (χ0) is 104. The third-order valence-corrected chi connectivity index (χ3v) is 24.9. The predicted octanol–water partition coefficient (Wildman–Crippen LogP) is 22.4. The molecule has 147 heavy (non-hydrogen) atoms. The number of halogens is 2. The third kappa shape index (κ3) is 26.4. The number of ether oxygens (including phenoxy) is 3. The van der Waals surface area contributed by atoms with E-state index in [0.29, 0.717) is 107 Å². The zero-order valence-electron chi connectivity index (χ0n) is 84.2. The molecular formula is C114H121F2N19O12. The summed E-state index contributed by atoms with van der Waals surface area (Å²) in [6.07, 6.45) is 12.3. The summed E-state index contributed by atoms with van der Waals surface area (Å²) >= 11 is 0. The van der Waals surface area contributed by atoms with Gasteiger partial charge in [-0.05, 0) is 194 Å². The van der Waals surface area contributed by atoms with E-state index in [9.17, 15) is 51.9 Å². The molecule has 7 aliphatic heterocycles. The predicted molar refractivity (Wildman–Crippen MR) is 574 cm³/mol. The van der Waals surface area contributed by atoms with Gasteiger partial charge in [-0.3, -0.25) is 57.7 Å². The number of hydrogen-bond donors (Lipinski definition) is 13. The molecule has 3 aromatic heterocycles. The van der Waals surface area contributed by atoms with Crippen LogP contribution >= 0.6 is 0 Å². The highest BCUT2D eigenvalue weighted by Crippen LogP contribution is 2.44. The number of para-hydroxylation sites is 6. The number of benzene rings is 11. The van der Waals surface area contributed by atoms with Crippen LogP contribution in [0.25, 0.3) is 55.4 Å². The largest absolute Gasteiger partial charge is 0.454 e. The number of ketones is 2. The molecule has 10 heterocycles. The maximum atomic E-state index is 13.5. The van der Waals surface area contributed by atoms with Gasteiger partial charge in [0.2, 0.25) is 42.2 Å². The van der Waals surface area contributed by atoms with Crippen molar-refractivity contribution in [1.82, 2.24) is 29.3 Å². The van der Waals surface area contributed by atoms with E-state index >= 15 is 0 Å². The van der Waals surface area contributed by atoms with E-state index in [1.807, 2.05) is 231 Å². The van der Waals surface area contributed by atoms with Gasteiger partial charge in [-0.25, -0.2) is 13.6 Å². The van der Waals surface area contributed by atoms with Crippen molar-refractivity contribution in [2.45, 2.75) is 189 Å². The molecule has 31 nitrogen and oxygen atoms in total. The summed E-state index contributed by atoms with van der Waals surface area (Å²) in [7, 11) is 1.88. The molecule has 0 fully saturated rings. The second-order valence-corrected chi connectivity index (χ2v) is 39.2. The highest BCUT2D eigenvalue weighted by Gasteiger charge is 2.31. The van der Waals surface area contributed by atoms with Crippen molar-refractivity contribution < 1.29 is 66.1 Å². The van der Waals surface area contributed by atoms with Crippen molar-refractivity contribution in [3.63, 3.8) is 0 Å². The number of rotatable bonds is 15. The minimum absolute atomic E-state index is 0.00260. The van der Waals surface area contributed by atoms with Crippen molar-refractivity contribution in [2.24, 2.45) is 13.0 Å². The second-order valence-electron chi connectivity index (χ2n) is 39.2. The molecule has 7 aliphatic rings. The second kappa shape index (κ2) is 45.7. The Morgan fingerprint density at radius 3 is 1.28 bits per heavy atom. The number of amides is 7. The molecule has 0 radical (unpaired) electrons. The maximum absolute atomic E-state index is 13.5. The van der Waals surface area contributed by atoms with Crippen molar-refractivity contribution in [3.8, 4) is 56.0 Å². The molecule has 14 aromatic rings. The van der Waals surface area contributed by atoms with Gasteiger partial charge in [-0.1, -0.05) is 141 Å². The highest BCUT2D eigenvalue weighted by molar-refractivity contribution is 6.11. The van der Waals surface area contributed by atoms with Crippen molar-refractivity contribution in [1.29, 1.82) is 0 Å². The number of anilines is 13. The van der Waals surface area contributed by atoms with Crippen LogP contribution in [0.3, 0.4) is 0 Å². The molecule has 13 N–H and O–H groups in total. The van der Waals surface area contributed by atoms with Gasteiger partial charge in [0.1, 0.15) is 5.60 Å². The Kier molecular flexibility index (Phi) is 32.0. The Balaban J connectivity index is 0.000000126. The molecule has 11 aromatic carbocycles. The standard InChI is InChI=1S/C21H22N4O.C21H25N3O3.C20H20N4O2.C19H18N2O4.C17H22N4O.C16H14F2N2O/c1-14-11-20(26)24-19-10-6-9-18(21(19)23-14)17-12-22-25(13-17)15(2)16-7-4-3-5-8-16;1-13-12-18(25)24-17-7-5-6-16(19(17)22-13)14-8-10-15(11-9-14)23-20(26)27-21(2,3)4;1-12-8-19(26)22-16-5-3-4-15(20(16)21-12)18(25)10-13-6-7-14-11-24(2)23-17(14)9-13;1-11-7-18(23)21-14-4-2-3-13(19(14)20-11)15(22)8-12-5-6-16-17(9-12)25-10-24-16;1-11(2)9-21-10-13(8-18-21)14-5-4-6-15-17(14)19-12(3)7-16(22)20-15;1-9-7-15(21)20-14-4-2-3-11(16(14)19-9)10-5-6-12(17)13(18)8-10/h3-10,12-15,23H,11H2,1-2H3,(H,24,26);5-11,13,22H,12H2,1-4H3,(H,23,26)(H,24,25);3-7,9,11-12,21H,8,10H2,1-2H3,(H,22,26);2-6,9,11,20H,7-8,10H2,1H3,(H,21,23);4-6,8,10-12,19H,7,9H2,1-3H3,(H,20,22);2-6,8-9,19H,7H2,1H3,(H,20,21)/t14-,15?;13-;;;12-;9-/m11..11/s1. The van der Waals surface area contributed by atoms with Gasteiger partial charge >= 0.3 is 6.09 Å². The van der Waals surface area contributed by atoms with Crippen LogP contribution < -0.4 is 78.6 Å². The number of carbonyl (C=O) groups excluding carboxylic acids is 9. The molecule has 0 saturated heterocycles. The van der Waals surface area contributed by atoms with Gasteiger partial charge in [-0.2, -0.15) is 15.3 Å².